The molecule has 0 amide bonds. The second-order valence-corrected chi connectivity index (χ2v) is 3.01. The predicted octanol–water partition coefficient (Wildman–Crippen LogP) is 0.504. The lowest BCUT2D eigenvalue weighted by Gasteiger charge is -2.27. The highest BCUT2D eigenvalue weighted by Gasteiger charge is 2.28. The quantitative estimate of drug-likeness (QED) is 0.742. The van der Waals surface area contributed by atoms with Crippen LogP contribution >= 0.6 is 24.8 Å². The van der Waals surface area contributed by atoms with Crippen LogP contribution in [0.15, 0.2) is 0 Å². The molecule has 0 aliphatic carbocycles. The molecule has 0 bridgehead atoms. The minimum Gasteiger partial charge on any atom is -0.390 e. The summed E-state index contributed by atoms with van der Waals surface area (Å²) in [4.78, 5) is 2.30. The number of hydrogen-bond acceptors (Lipinski definition) is 3. The zero-order chi connectivity index (χ0) is 8.27. The Hall–Kier alpha value is 0.460. The molecule has 82 valence electrons. The minimum absolute atomic E-state index is 0. The molecule has 0 radical (unpaired) electrons. The largest absolute Gasteiger partial charge is 0.390 e. The molecule has 2 atom stereocenters. The second-order valence-electron chi connectivity index (χ2n) is 3.01. The lowest BCUT2D eigenvalue weighted by atomic mass is 10.2. The van der Waals surface area contributed by atoms with Crippen LogP contribution < -0.4 is 5.32 Å². The van der Waals surface area contributed by atoms with Gasteiger partial charge in [-0.25, -0.2) is 0 Å². The number of rotatable bonds is 3. The van der Waals surface area contributed by atoms with Crippen molar-refractivity contribution >= 4 is 24.8 Å². The SMILES string of the molecule is CCN(CC)[C@@H]1CNC[C@@H]1O.Cl.Cl. The van der Waals surface area contributed by atoms with Crippen molar-refractivity contribution in [3.63, 3.8) is 0 Å². The van der Waals surface area contributed by atoms with Gasteiger partial charge in [0.2, 0.25) is 0 Å². The van der Waals surface area contributed by atoms with Gasteiger partial charge in [0.25, 0.3) is 0 Å². The van der Waals surface area contributed by atoms with E-state index in [1.165, 1.54) is 0 Å². The monoisotopic (exact) mass is 230 g/mol. The molecule has 1 aliphatic rings. The van der Waals surface area contributed by atoms with E-state index in [4.69, 9.17) is 0 Å². The maximum atomic E-state index is 9.52. The van der Waals surface area contributed by atoms with E-state index in [1.54, 1.807) is 0 Å². The van der Waals surface area contributed by atoms with Crippen molar-refractivity contribution in [3.05, 3.63) is 0 Å². The maximum Gasteiger partial charge on any atom is 0.0831 e. The third kappa shape index (κ3) is 4.00. The topological polar surface area (TPSA) is 35.5 Å². The molecule has 0 aromatic heterocycles. The number of β-amino-alcohol motifs (C(OH)–C–C–N with tert-alkyl or cyclic N) is 1. The highest BCUT2D eigenvalue weighted by Crippen LogP contribution is 2.07. The molecule has 0 aromatic carbocycles. The predicted molar refractivity (Wildman–Crippen MR) is 60.1 cm³/mol. The Balaban J connectivity index is 0. The van der Waals surface area contributed by atoms with Crippen molar-refractivity contribution in [3.8, 4) is 0 Å². The van der Waals surface area contributed by atoms with Crippen LogP contribution in [0.2, 0.25) is 0 Å². The zero-order valence-electron chi connectivity index (χ0n) is 8.19. The van der Waals surface area contributed by atoms with Gasteiger partial charge in [0.15, 0.2) is 0 Å². The van der Waals surface area contributed by atoms with E-state index in [1.807, 2.05) is 0 Å². The first kappa shape index (κ1) is 15.9. The van der Waals surface area contributed by atoms with E-state index >= 15 is 0 Å². The van der Waals surface area contributed by atoms with Crippen molar-refractivity contribution in [1.82, 2.24) is 10.2 Å². The Morgan fingerprint density at radius 3 is 2.08 bits per heavy atom. The number of halogens is 2. The highest BCUT2D eigenvalue weighted by atomic mass is 35.5. The fraction of sp³-hybridized carbons (Fsp3) is 1.00. The van der Waals surface area contributed by atoms with Gasteiger partial charge in [-0.05, 0) is 13.1 Å². The molecule has 13 heavy (non-hydrogen) atoms. The highest BCUT2D eigenvalue weighted by molar-refractivity contribution is 5.85. The standard InChI is InChI=1S/C8H18N2O.2ClH/c1-3-10(4-2)7-5-9-6-8(7)11;;/h7-9,11H,3-6H2,1-2H3;2*1H/t7-,8+;;/m1../s1. The fourth-order valence-corrected chi connectivity index (χ4v) is 1.72. The molecule has 0 spiro atoms. The number of hydrogen-bond donors (Lipinski definition) is 2. The van der Waals surface area contributed by atoms with Crippen LogP contribution in [0.5, 0.6) is 0 Å². The van der Waals surface area contributed by atoms with E-state index in [0.29, 0.717) is 6.04 Å². The first-order chi connectivity index (χ1) is 5.29. The van der Waals surface area contributed by atoms with Gasteiger partial charge in [0.1, 0.15) is 0 Å². The molecular formula is C8H20Cl2N2O. The summed E-state index contributed by atoms with van der Waals surface area (Å²) in [6.45, 7) is 8.01. The maximum absolute atomic E-state index is 9.52. The number of aliphatic hydroxyl groups is 1. The van der Waals surface area contributed by atoms with Gasteiger partial charge in [-0.2, -0.15) is 0 Å². The molecule has 0 unspecified atom stereocenters. The van der Waals surface area contributed by atoms with Gasteiger partial charge < -0.3 is 10.4 Å². The number of nitrogens with zero attached hydrogens (tertiary/aromatic N) is 1. The molecule has 1 saturated heterocycles. The van der Waals surface area contributed by atoms with E-state index in [2.05, 4.69) is 24.1 Å². The van der Waals surface area contributed by atoms with Crippen molar-refractivity contribution < 1.29 is 5.11 Å². The van der Waals surface area contributed by atoms with Gasteiger partial charge >= 0.3 is 0 Å². The van der Waals surface area contributed by atoms with Crippen molar-refractivity contribution in [2.45, 2.75) is 26.0 Å². The Morgan fingerprint density at radius 1 is 1.23 bits per heavy atom. The minimum atomic E-state index is -0.171. The molecule has 5 heteroatoms. The zero-order valence-corrected chi connectivity index (χ0v) is 9.83. The van der Waals surface area contributed by atoms with Crippen LogP contribution in [0.25, 0.3) is 0 Å². The summed E-state index contributed by atoms with van der Waals surface area (Å²) in [5.41, 5.74) is 0. The summed E-state index contributed by atoms with van der Waals surface area (Å²) in [6.07, 6.45) is -0.171. The smallest absolute Gasteiger partial charge is 0.0831 e. The third-order valence-corrected chi connectivity index (χ3v) is 2.43. The first-order valence-corrected chi connectivity index (χ1v) is 4.42. The summed E-state index contributed by atoms with van der Waals surface area (Å²) >= 11 is 0. The lowest BCUT2D eigenvalue weighted by molar-refractivity contribution is 0.0899. The molecule has 0 aromatic rings. The van der Waals surface area contributed by atoms with Crippen molar-refractivity contribution in [2.75, 3.05) is 26.2 Å². The summed E-state index contributed by atoms with van der Waals surface area (Å²) in [5.74, 6) is 0. The fourth-order valence-electron chi connectivity index (χ4n) is 1.72. The van der Waals surface area contributed by atoms with Crippen LogP contribution in [-0.4, -0.2) is 48.3 Å². The first-order valence-electron chi connectivity index (χ1n) is 4.42. The average molecular weight is 231 g/mol. The Bertz CT molecular complexity index is 123. The van der Waals surface area contributed by atoms with Gasteiger partial charge in [-0.15, -0.1) is 24.8 Å². The molecule has 3 nitrogen and oxygen atoms in total. The van der Waals surface area contributed by atoms with E-state index in [-0.39, 0.29) is 30.9 Å². The summed E-state index contributed by atoms with van der Waals surface area (Å²) in [5, 5.41) is 12.7. The van der Waals surface area contributed by atoms with Gasteiger partial charge in [0.05, 0.1) is 6.10 Å². The summed E-state index contributed by atoms with van der Waals surface area (Å²) in [7, 11) is 0. The summed E-state index contributed by atoms with van der Waals surface area (Å²) in [6, 6.07) is 0.338. The van der Waals surface area contributed by atoms with Gasteiger partial charge in [-0.3, -0.25) is 4.90 Å². The van der Waals surface area contributed by atoms with Crippen molar-refractivity contribution in [1.29, 1.82) is 0 Å². The average Bonchev–Trinajstić information content (AvgIpc) is 2.40. The van der Waals surface area contributed by atoms with Crippen LogP contribution in [0.3, 0.4) is 0 Å². The van der Waals surface area contributed by atoms with Crippen LogP contribution in [-0.2, 0) is 0 Å². The molecule has 2 N–H and O–H groups in total. The number of aliphatic hydroxyl groups excluding tert-OH is 1. The lowest BCUT2D eigenvalue weighted by Crippen LogP contribution is -2.42. The number of likely N-dealkylation sites (N-methyl/N-ethyl adjacent to an activating group) is 1. The second kappa shape index (κ2) is 7.83. The van der Waals surface area contributed by atoms with E-state index < -0.39 is 0 Å². The number of nitrogens with one attached hydrogen (secondary N) is 1. The van der Waals surface area contributed by atoms with E-state index in [0.717, 1.165) is 26.2 Å². The van der Waals surface area contributed by atoms with Gasteiger partial charge in [-0.1, -0.05) is 13.8 Å². The van der Waals surface area contributed by atoms with Crippen LogP contribution in [0.4, 0.5) is 0 Å². The van der Waals surface area contributed by atoms with Crippen LogP contribution in [0.1, 0.15) is 13.8 Å². The Morgan fingerprint density at radius 2 is 1.77 bits per heavy atom. The molecule has 1 aliphatic heterocycles. The van der Waals surface area contributed by atoms with Gasteiger partial charge in [0, 0.05) is 19.1 Å². The molecule has 1 fully saturated rings. The Labute approximate surface area is 92.7 Å². The molecule has 0 saturated carbocycles. The summed E-state index contributed by atoms with van der Waals surface area (Å²) < 4.78 is 0. The Kier molecular flexibility index (Phi) is 9.58. The van der Waals surface area contributed by atoms with Crippen LogP contribution in [0, 0.1) is 0 Å². The molecule has 1 rings (SSSR count). The van der Waals surface area contributed by atoms with Crippen molar-refractivity contribution in [2.24, 2.45) is 0 Å². The molecule has 1 heterocycles. The molecular weight excluding hydrogens is 211 g/mol. The third-order valence-electron chi connectivity index (χ3n) is 2.43. The van der Waals surface area contributed by atoms with E-state index in [9.17, 15) is 5.11 Å². The normalized spacial score (nSPS) is 26.8.